The van der Waals surface area contributed by atoms with Crippen molar-refractivity contribution < 1.29 is 17.9 Å². The normalized spacial score (nSPS) is 15.9. The maximum atomic E-state index is 12.0. The van der Waals surface area contributed by atoms with E-state index in [2.05, 4.69) is 32.5 Å². The minimum Gasteiger partial charge on any atom is -0.372 e. The first-order valence-corrected chi connectivity index (χ1v) is 9.07. The molecule has 0 amide bonds. The second kappa shape index (κ2) is 11.2. The zero-order valence-electron chi connectivity index (χ0n) is 14.6. The van der Waals surface area contributed by atoms with Gasteiger partial charge < -0.3 is 15.4 Å². The molecule has 0 atom stereocenters. The highest BCUT2D eigenvalue weighted by Gasteiger charge is 2.43. The van der Waals surface area contributed by atoms with E-state index in [1.54, 1.807) is 7.05 Å². The number of guanidine groups is 1. The van der Waals surface area contributed by atoms with Crippen molar-refractivity contribution in [2.45, 2.75) is 35.1 Å². The van der Waals surface area contributed by atoms with Crippen LogP contribution in [0, 0.1) is 0 Å². The van der Waals surface area contributed by atoms with Gasteiger partial charge in [-0.1, -0.05) is 18.2 Å². The van der Waals surface area contributed by atoms with Gasteiger partial charge in [-0.15, -0.1) is 35.7 Å². The lowest BCUT2D eigenvalue weighted by atomic mass is 10.4. The monoisotopic (exact) mass is 503 g/mol. The summed E-state index contributed by atoms with van der Waals surface area (Å²) in [6, 6.07) is 10.3. The van der Waals surface area contributed by atoms with Crippen molar-refractivity contribution in [3.8, 4) is 0 Å². The molecule has 1 saturated carbocycles. The van der Waals surface area contributed by atoms with Crippen molar-refractivity contribution in [1.82, 2.24) is 10.6 Å². The Morgan fingerprint density at radius 2 is 1.92 bits per heavy atom. The van der Waals surface area contributed by atoms with Gasteiger partial charge in [-0.2, -0.15) is 13.2 Å². The van der Waals surface area contributed by atoms with Crippen LogP contribution in [0.25, 0.3) is 0 Å². The van der Waals surface area contributed by atoms with Gasteiger partial charge in [0.25, 0.3) is 0 Å². The Kier molecular flexibility index (Phi) is 10.1. The number of hydrogen-bond donors (Lipinski definition) is 2. The molecule has 1 aromatic rings. The minimum atomic E-state index is -4.26. The first kappa shape index (κ1) is 23.4. The molecule has 0 aliphatic heterocycles. The van der Waals surface area contributed by atoms with Gasteiger partial charge in [0.2, 0.25) is 0 Å². The van der Waals surface area contributed by atoms with E-state index in [9.17, 15) is 13.2 Å². The quantitative estimate of drug-likeness (QED) is 0.231. The van der Waals surface area contributed by atoms with Crippen LogP contribution < -0.4 is 10.6 Å². The molecular weight excluding hydrogens is 478 g/mol. The fourth-order valence-corrected chi connectivity index (χ4v) is 3.47. The molecule has 26 heavy (non-hydrogen) atoms. The van der Waals surface area contributed by atoms with E-state index in [1.165, 1.54) is 4.90 Å². The number of nitrogens with zero attached hydrogens (tertiary/aromatic N) is 1. The number of rotatable bonds is 9. The average Bonchev–Trinajstić information content (AvgIpc) is 3.33. The van der Waals surface area contributed by atoms with Crippen molar-refractivity contribution in [3.05, 3.63) is 30.3 Å². The molecule has 0 saturated heterocycles. The Morgan fingerprint density at radius 3 is 2.50 bits per heavy atom. The molecule has 0 spiro atoms. The Labute approximate surface area is 173 Å². The van der Waals surface area contributed by atoms with E-state index in [-0.39, 0.29) is 35.3 Å². The van der Waals surface area contributed by atoms with Crippen LogP contribution in [0.4, 0.5) is 13.2 Å². The lowest BCUT2D eigenvalue weighted by molar-refractivity contribution is -0.173. The van der Waals surface area contributed by atoms with Crippen LogP contribution in [0.1, 0.15) is 19.3 Å². The third-order valence-electron chi connectivity index (χ3n) is 3.71. The smallest absolute Gasteiger partial charge is 0.372 e. The lowest BCUT2D eigenvalue weighted by Gasteiger charge is -2.18. The summed E-state index contributed by atoms with van der Waals surface area (Å²) in [6.07, 6.45) is -1.47. The van der Waals surface area contributed by atoms with E-state index >= 15 is 0 Å². The number of halogens is 4. The lowest BCUT2D eigenvalue weighted by Crippen LogP contribution is -2.41. The maximum absolute atomic E-state index is 12.0. The van der Waals surface area contributed by atoms with Gasteiger partial charge in [0, 0.05) is 36.4 Å². The van der Waals surface area contributed by atoms with Crippen LogP contribution in [0.3, 0.4) is 0 Å². The number of nitrogens with one attached hydrogen (secondary N) is 2. The van der Waals surface area contributed by atoms with E-state index in [1.807, 2.05) is 30.0 Å². The summed E-state index contributed by atoms with van der Waals surface area (Å²) in [5.74, 6) is 0.663. The Morgan fingerprint density at radius 1 is 1.23 bits per heavy atom. The third kappa shape index (κ3) is 9.31. The van der Waals surface area contributed by atoms with Crippen LogP contribution in [-0.2, 0) is 4.74 Å². The number of benzene rings is 1. The maximum Gasteiger partial charge on any atom is 0.411 e. The van der Waals surface area contributed by atoms with Crippen molar-refractivity contribution in [2.75, 3.05) is 33.4 Å². The topological polar surface area (TPSA) is 45.7 Å². The Bertz CT molecular complexity index is 554. The average molecular weight is 503 g/mol. The molecule has 1 aliphatic rings. The summed E-state index contributed by atoms with van der Waals surface area (Å²) in [5.41, 5.74) is 0. The van der Waals surface area contributed by atoms with Crippen LogP contribution in [0.5, 0.6) is 0 Å². The van der Waals surface area contributed by atoms with E-state index in [0.29, 0.717) is 18.9 Å². The van der Waals surface area contributed by atoms with Crippen molar-refractivity contribution in [3.63, 3.8) is 0 Å². The van der Waals surface area contributed by atoms with Gasteiger partial charge in [0.15, 0.2) is 5.96 Å². The minimum absolute atomic E-state index is 0. The highest BCUT2D eigenvalue weighted by atomic mass is 127. The summed E-state index contributed by atoms with van der Waals surface area (Å²) in [5, 5.41) is 6.40. The third-order valence-corrected chi connectivity index (χ3v) is 5.20. The first-order chi connectivity index (χ1) is 11.9. The molecule has 1 fully saturated rings. The molecule has 148 valence electrons. The highest BCUT2D eigenvalue weighted by Crippen LogP contribution is 2.51. The number of ether oxygens (including phenoxy) is 1. The van der Waals surface area contributed by atoms with Crippen LogP contribution in [0.2, 0.25) is 0 Å². The second-order valence-electron chi connectivity index (χ2n) is 5.97. The van der Waals surface area contributed by atoms with Crippen LogP contribution in [-0.4, -0.2) is 50.2 Å². The largest absolute Gasteiger partial charge is 0.411 e. The summed E-state index contributed by atoms with van der Waals surface area (Å²) in [7, 11) is 1.68. The summed E-state index contributed by atoms with van der Waals surface area (Å²) in [6.45, 7) is 0.184. The van der Waals surface area contributed by atoms with Gasteiger partial charge in [-0.3, -0.25) is 4.99 Å². The highest BCUT2D eigenvalue weighted by molar-refractivity contribution is 14.0. The van der Waals surface area contributed by atoms with Gasteiger partial charge in [-0.05, 0) is 31.4 Å². The van der Waals surface area contributed by atoms with Gasteiger partial charge in [-0.25, -0.2) is 0 Å². The number of alkyl halides is 3. The number of hydrogen-bond acceptors (Lipinski definition) is 3. The van der Waals surface area contributed by atoms with E-state index < -0.39 is 12.8 Å². The molecule has 9 heteroatoms. The molecule has 2 rings (SSSR count). The van der Waals surface area contributed by atoms with Crippen molar-refractivity contribution in [2.24, 2.45) is 4.99 Å². The number of thioether (sulfide) groups is 1. The zero-order valence-corrected chi connectivity index (χ0v) is 17.8. The standard InChI is InChI=1S/C17H24F3N3OS.HI/c1-21-15(22-10-5-11-24-13-17(18,19)20)23-12-16(8-9-16)25-14-6-3-2-4-7-14;/h2-4,6-7H,5,8-13H2,1H3,(H2,21,22,23);1H. The zero-order chi connectivity index (χ0) is 18.2. The van der Waals surface area contributed by atoms with Crippen molar-refractivity contribution >= 4 is 41.7 Å². The van der Waals surface area contributed by atoms with Crippen LogP contribution in [0.15, 0.2) is 40.2 Å². The number of aliphatic imine (C=N–C) groups is 1. The molecule has 1 aliphatic carbocycles. The first-order valence-electron chi connectivity index (χ1n) is 8.26. The fraction of sp³-hybridized carbons (Fsp3) is 0.588. The predicted octanol–water partition coefficient (Wildman–Crippen LogP) is 4.06. The Balaban J connectivity index is 0.00000338. The summed E-state index contributed by atoms with van der Waals surface area (Å²) >= 11 is 1.87. The molecule has 1 aromatic carbocycles. The summed E-state index contributed by atoms with van der Waals surface area (Å²) in [4.78, 5) is 5.40. The fourth-order valence-electron chi connectivity index (χ4n) is 2.23. The van der Waals surface area contributed by atoms with Gasteiger partial charge >= 0.3 is 6.18 Å². The molecule has 0 unspecified atom stereocenters. The predicted molar refractivity (Wildman–Crippen MR) is 111 cm³/mol. The SMILES string of the molecule is CN=C(NCCCOCC(F)(F)F)NCC1(Sc2ccccc2)CC1.I. The van der Waals surface area contributed by atoms with E-state index in [4.69, 9.17) is 0 Å². The second-order valence-corrected chi connectivity index (χ2v) is 7.51. The molecule has 0 radical (unpaired) electrons. The van der Waals surface area contributed by atoms with Gasteiger partial charge in [0.05, 0.1) is 0 Å². The molecule has 4 nitrogen and oxygen atoms in total. The van der Waals surface area contributed by atoms with E-state index in [0.717, 1.165) is 19.4 Å². The molecule has 0 heterocycles. The molecule has 0 aromatic heterocycles. The van der Waals surface area contributed by atoms with Gasteiger partial charge in [0.1, 0.15) is 6.61 Å². The molecular formula is C17H25F3IN3OS. The molecule has 2 N–H and O–H groups in total. The summed E-state index contributed by atoms with van der Waals surface area (Å²) < 4.78 is 40.6. The van der Waals surface area contributed by atoms with Crippen LogP contribution >= 0.6 is 35.7 Å². The molecule has 0 bridgehead atoms. The van der Waals surface area contributed by atoms with Crippen molar-refractivity contribution in [1.29, 1.82) is 0 Å². The Hall–Kier alpha value is -0.680.